The van der Waals surface area contributed by atoms with Crippen molar-refractivity contribution in [3.05, 3.63) is 29.8 Å². The van der Waals surface area contributed by atoms with Crippen molar-refractivity contribution >= 4 is 22.5 Å². The van der Waals surface area contributed by atoms with Crippen LogP contribution in [0.3, 0.4) is 0 Å². The fourth-order valence-corrected chi connectivity index (χ4v) is 3.64. The summed E-state index contributed by atoms with van der Waals surface area (Å²) in [6.07, 6.45) is 2.12. The van der Waals surface area contributed by atoms with Gasteiger partial charge < -0.3 is 15.0 Å². The highest BCUT2D eigenvalue weighted by molar-refractivity contribution is 7.84. The predicted octanol–water partition coefficient (Wildman–Crippen LogP) is 2.85. The number of carbonyl (C=O) groups is 1. The minimum atomic E-state index is -0.948. The average molecular weight is 338 g/mol. The quantitative estimate of drug-likeness (QED) is 0.868. The van der Waals surface area contributed by atoms with E-state index in [0.717, 1.165) is 37.2 Å². The molecule has 6 heteroatoms. The monoisotopic (exact) mass is 338 g/mol. The summed E-state index contributed by atoms with van der Waals surface area (Å²) in [5, 5.41) is 2.95. The molecular formula is C17H26N2O3S. The molecule has 2 amide bonds. The van der Waals surface area contributed by atoms with Gasteiger partial charge in [-0.3, -0.25) is 4.21 Å². The van der Waals surface area contributed by atoms with E-state index in [2.05, 4.69) is 12.2 Å². The van der Waals surface area contributed by atoms with Gasteiger partial charge in [-0.15, -0.1) is 0 Å². The lowest BCUT2D eigenvalue weighted by atomic mass is 10.00. The summed E-state index contributed by atoms with van der Waals surface area (Å²) in [7, 11) is 0.658. The Balaban J connectivity index is 1.89. The van der Waals surface area contributed by atoms with E-state index < -0.39 is 10.8 Å². The van der Waals surface area contributed by atoms with Gasteiger partial charge in [0.25, 0.3) is 0 Å². The number of hydrogen-bond acceptors (Lipinski definition) is 3. The molecule has 1 aliphatic heterocycles. The van der Waals surface area contributed by atoms with Gasteiger partial charge in [-0.25, -0.2) is 4.79 Å². The van der Waals surface area contributed by atoms with Gasteiger partial charge in [-0.2, -0.15) is 0 Å². The van der Waals surface area contributed by atoms with Crippen molar-refractivity contribution in [3.8, 4) is 0 Å². The number of rotatable bonds is 6. The summed E-state index contributed by atoms with van der Waals surface area (Å²) in [6.45, 7) is 4.35. The zero-order valence-corrected chi connectivity index (χ0v) is 14.7. The van der Waals surface area contributed by atoms with E-state index in [-0.39, 0.29) is 6.03 Å². The summed E-state index contributed by atoms with van der Waals surface area (Å²) in [4.78, 5) is 14.2. The number of likely N-dealkylation sites (tertiary alicyclic amines) is 1. The number of methoxy groups -OCH3 is 1. The van der Waals surface area contributed by atoms with Gasteiger partial charge in [-0.05, 0) is 36.5 Å². The first-order chi connectivity index (χ1) is 11.1. The van der Waals surface area contributed by atoms with Gasteiger partial charge in [0.1, 0.15) is 0 Å². The van der Waals surface area contributed by atoms with Gasteiger partial charge in [-0.1, -0.05) is 19.1 Å². The van der Waals surface area contributed by atoms with Crippen molar-refractivity contribution in [2.45, 2.75) is 25.5 Å². The van der Waals surface area contributed by atoms with Crippen LogP contribution in [0.15, 0.2) is 24.3 Å². The van der Waals surface area contributed by atoms with E-state index in [1.165, 1.54) is 0 Å². The number of urea groups is 1. The Hall–Kier alpha value is -1.40. The minimum Gasteiger partial charge on any atom is -0.384 e. The van der Waals surface area contributed by atoms with Crippen molar-refractivity contribution in [1.82, 2.24) is 4.90 Å². The molecule has 2 rings (SSSR count). The van der Waals surface area contributed by atoms with Crippen LogP contribution in [-0.4, -0.2) is 47.7 Å². The third-order valence-electron chi connectivity index (χ3n) is 4.09. The second kappa shape index (κ2) is 9.03. The smallest absolute Gasteiger partial charge is 0.321 e. The third kappa shape index (κ3) is 5.95. The Kier molecular flexibility index (Phi) is 7.05. The molecule has 1 aromatic carbocycles. The molecule has 1 N–H and O–H groups in total. The van der Waals surface area contributed by atoms with Crippen molar-refractivity contribution in [2.75, 3.05) is 37.9 Å². The molecule has 1 heterocycles. The van der Waals surface area contributed by atoms with Crippen LogP contribution in [0.5, 0.6) is 0 Å². The van der Waals surface area contributed by atoms with E-state index in [1.807, 2.05) is 29.2 Å². The highest BCUT2D eigenvalue weighted by Gasteiger charge is 2.20. The Morgan fingerprint density at radius 2 is 2.13 bits per heavy atom. The van der Waals surface area contributed by atoms with E-state index >= 15 is 0 Å². The molecule has 1 atom stereocenters. The Morgan fingerprint density at radius 3 is 2.83 bits per heavy atom. The lowest BCUT2D eigenvalue weighted by Gasteiger charge is -2.30. The minimum absolute atomic E-state index is 0.0467. The Morgan fingerprint density at radius 1 is 1.39 bits per heavy atom. The molecule has 1 unspecified atom stereocenters. The maximum atomic E-state index is 12.3. The van der Waals surface area contributed by atoms with E-state index in [0.29, 0.717) is 24.0 Å². The van der Waals surface area contributed by atoms with Crippen molar-refractivity contribution in [2.24, 2.45) is 5.92 Å². The predicted molar refractivity (Wildman–Crippen MR) is 94.0 cm³/mol. The molecule has 1 aliphatic rings. The highest BCUT2D eigenvalue weighted by atomic mass is 32.2. The second-order valence-electron chi connectivity index (χ2n) is 6.08. The number of nitrogens with one attached hydrogen (secondary N) is 1. The molecule has 23 heavy (non-hydrogen) atoms. The van der Waals surface area contributed by atoms with Crippen LogP contribution in [-0.2, 0) is 21.3 Å². The maximum absolute atomic E-state index is 12.3. The van der Waals surface area contributed by atoms with Crippen LogP contribution in [0, 0.1) is 5.92 Å². The van der Waals surface area contributed by atoms with Crippen LogP contribution in [0.4, 0.5) is 10.5 Å². The van der Waals surface area contributed by atoms with E-state index in [1.54, 1.807) is 7.11 Å². The van der Waals surface area contributed by atoms with Gasteiger partial charge in [0.05, 0.1) is 6.61 Å². The normalized spacial score (nSPS) is 17.0. The van der Waals surface area contributed by atoms with Crippen LogP contribution in [0.2, 0.25) is 0 Å². The molecule has 0 radical (unpaired) electrons. The summed E-state index contributed by atoms with van der Waals surface area (Å²) in [6, 6.07) is 7.54. The molecule has 0 aliphatic carbocycles. The molecule has 0 bridgehead atoms. The number of amides is 2. The summed E-state index contributed by atoms with van der Waals surface area (Å²) in [5.41, 5.74) is 1.72. The van der Waals surface area contributed by atoms with Gasteiger partial charge in [0, 0.05) is 48.2 Å². The number of nitrogens with zero attached hydrogens (tertiary/aromatic N) is 1. The lowest BCUT2D eigenvalue weighted by molar-refractivity contribution is 0.186. The molecule has 128 valence electrons. The van der Waals surface area contributed by atoms with Crippen molar-refractivity contribution in [3.63, 3.8) is 0 Å². The van der Waals surface area contributed by atoms with Crippen LogP contribution in [0.25, 0.3) is 0 Å². The molecule has 5 nitrogen and oxygen atoms in total. The number of ether oxygens (including phenoxy) is 1. The van der Waals surface area contributed by atoms with E-state index in [4.69, 9.17) is 4.74 Å². The molecule has 0 saturated carbocycles. The zero-order chi connectivity index (χ0) is 16.7. The topological polar surface area (TPSA) is 58.6 Å². The fraction of sp³-hybridized carbons (Fsp3) is 0.588. The van der Waals surface area contributed by atoms with Gasteiger partial charge in [0.15, 0.2) is 0 Å². The molecule has 1 aromatic rings. The molecular weight excluding hydrogens is 312 g/mol. The Labute approximate surface area is 140 Å². The first kappa shape index (κ1) is 17.9. The van der Waals surface area contributed by atoms with E-state index in [9.17, 15) is 9.00 Å². The van der Waals surface area contributed by atoms with Gasteiger partial charge in [0.2, 0.25) is 0 Å². The third-order valence-corrected chi connectivity index (χ3v) is 5.37. The first-order valence-electron chi connectivity index (χ1n) is 8.07. The maximum Gasteiger partial charge on any atom is 0.321 e. The number of benzene rings is 1. The number of piperidine rings is 1. The average Bonchev–Trinajstić information content (AvgIpc) is 2.54. The van der Waals surface area contributed by atoms with Crippen LogP contribution in [0.1, 0.15) is 25.3 Å². The van der Waals surface area contributed by atoms with Crippen LogP contribution < -0.4 is 5.32 Å². The molecule has 0 aromatic heterocycles. The Bertz CT molecular complexity index is 542. The summed E-state index contributed by atoms with van der Waals surface area (Å²) < 4.78 is 16.9. The van der Waals surface area contributed by atoms with Crippen molar-refractivity contribution in [1.29, 1.82) is 0 Å². The number of hydrogen-bond donors (Lipinski definition) is 1. The summed E-state index contributed by atoms with van der Waals surface area (Å²) in [5.74, 6) is 1.71. The highest BCUT2D eigenvalue weighted by Crippen LogP contribution is 2.18. The molecule has 0 spiro atoms. The second-order valence-corrected chi connectivity index (χ2v) is 7.66. The van der Waals surface area contributed by atoms with Gasteiger partial charge >= 0.3 is 6.03 Å². The fourth-order valence-electron chi connectivity index (χ4n) is 2.59. The largest absolute Gasteiger partial charge is 0.384 e. The molecule has 1 fully saturated rings. The molecule has 1 saturated heterocycles. The lowest BCUT2D eigenvalue weighted by Crippen LogP contribution is -2.40. The van der Waals surface area contributed by atoms with Crippen LogP contribution >= 0.6 is 0 Å². The first-order valence-corrected chi connectivity index (χ1v) is 9.56. The number of carbonyl (C=O) groups excluding carboxylic acids is 1. The van der Waals surface area contributed by atoms with Crippen molar-refractivity contribution < 1.29 is 13.7 Å². The number of anilines is 1. The zero-order valence-electron chi connectivity index (χ0n) is 13.9. The summed E-state index contributed by atoms with van der Waals surface area (Å²) >= 11 is 0. The SMILES string of the molecule is COCCS(=O)Cc1cccc(NC(=O)N2CCC(C)CC2)c1. The standard InChI is InChI=1S/C17H26N2O3S/c1-14-6-8-19(9-7-14)17(20)18-16-5-3-4-15(12-16)13-23(21)11-10-22-2/h3-5,12,14H,6-11,13H2,1-2H3,(H,18,20).